The van der Waals surface area contributed by atoms with Gasteiger partial charge in [-0.2, -0.15) is 0 Å². The summed E-state index contributed by atoms with van der Waals surface area (Å²) in [6, 6.07) is 8.62. The van der Waals surface area contributed by atoms with Crippen LogP contribution in [0.3, 0.4) is 0 Å². The van der Waals surface area contributed by atoms with Gasteiger partial charge in [0, 0.05) is 10.5 Å². The molecule has 1 amide bonds. The Bertz CT molecular complexity index is 607. The lowest BCUT2D eigenvalue weighted by atomic mass is 9.97. The van der Waals surface area contributed by atoms with E-state index in [1.807, 2.05) is 30.3 Å². The molecule has 0 spiro atoms. The van der Waals surface area contributed by atoms with Crippen molar-refractivity contribution in [2.24, 2.45) is 5.92 Å². The number of hydrogen-bond donors (Lipinski definition) is 0. The van der Waals surface area contributed by atoms with Gasteiger partial charge in [-0.3, -0.25) is 9.59 Å². The second kappa shape index (κ2) is 9.02. The largest absolute Gasteiger partial charge is 0.468 e. The SMILES string of the molecule is COC(=O)C(C(=O)OC)[C@H]1[C@H](I)CCN1C(=O)OCc1ccccc1. The molecule has 1 aliphatic rings. The topological polar surface area (TPSA) is 82.1 Å². The summed E-state index contributed by atoms with van der Waals surface area (Å²) in [6.07, 6.45) is 0.0849. The first-order chi connectivity index (χ1) is 12.0. The average molecular weight is 461 g/mol. The Balaban J connectivity index is 2.13. The summed E-state index contributed by atoms with van der Waals surface area (Å²) in [5, 5.41) is 0. The predicted molar refractivity (Wildman–Crippen MR) is 97.1 cm³/mol. The van der Waals surface area contributed by atoms with Crippen molar-refractivity contribution in [3.8, 4) is 0 Å². The summed E-state index contributed by atoms with van der Waals surface area (Å²) >= 11 is 2.13. The highest BCUT2D eigenvalue weighted by molar-refractivity contribution is 14.1. The van der Waals surface area contributed by atoms with Gasteiger partial charge in [-0.05, 0) is 12.0 Å². The number of esters is 2. The lowest BCUT2D eigenvalue weighted by Crippen LogP contribution is -2.49. The number of rotatable bonds is 5. The molecule has 1 heterocycles. The van der Waals surface area contributed by atoms with Gasteiger partial charge in [-0.15, -0.1) is 0 Å². The van der Waals surface area contributed by atoms with E-state index in [4.69, 9.17) is 14.2 Å². The van der Waals surface area contributed by atoms with E-state index in [1.165, 1.54) is 19.1 Å². The Kier molecular flexibility index (Phi) is 7.03. The van der Waals surface area contributed by atoms with Crippen LogP contribution in [0.2, 0.25) is 0 Å². The van der Waals surface area contributed by atoms with Gasteiger partial charge in [-0.1, -0.05) is 52.9 Å². The summed E-state index contributed by atoms with van der Waals surface area (Å²) < 4.78 is 14.7. The third-order valence-electron chi connectivity index (χ3n) is 4.07. The molecule has 25 heavy (non-hydrogen) atoms. The molecule has 1 aromatic carbocycles. The molecule has 0 bridgehead atoms. The maximum Gasteiger partial charge on any atom is 0.410 e. The van der Waals surface area contributed by atoms with Crippen LogP contribution in [0.25, 0.3) is 0 Å². The van der Waals surface area contributed by atoms with Crippen LogP contribution >= 0.6 is 22.6 Å². The maximum atomic E-state index is 12.5. The molecule has 0 radical (unpaired) electrons. The molecule has 8 heteroatoms. The van der Waals surface area contributed by atoms with Gasteiger partial charge in [0.2, 0.25) is 0 Å². The second-order valence-electron chi connectivity index (χ2n) is 5.55. The molecule has 0 N–H and O–H groups in total. The second-order valence-corrected chi connectivity index (χ2v) is 7.15. The number of carbonyl (C=O) groups excluding carboxylic acids is 3. The van der Waals surface area contributed by atoms with Crippen molar-refractivity contribution in [1.29, 1.82) is 0 Å². The highest BCUT2D eigenvalue weighted by atomic mass is 127. The molecule has 7 nitrogen and oxygen atoms in total. The molecule has 2 atom stereocenters. The van der Waals surface area contributed by atoms with Crippen LogP contribution in [0.5, 0.6) is 0 Å². The van der Waals surface area contributed by atoms with E-state index < -0.39 is 30.0 Å². The Labute approximate surface area is 159 Å². The first kappa shape index (κ1) is 19.5. The minimum Gasteiger partial charge on any atom is -0.468 e. The molecular formula is C17H20INO6. The number of carbonyl (C=O) groups is 3. The fraction of sp³-hybridized carbons (Fsp3) is 0.471. The van der Waals surface area contributed by atoms with Crippen molar-refractivity contribution < 1.29 is 28.6 Å². The van der Waals surface area contributed by atoms with Gasteiger partial charge in [-0.25, -0.2) is 4.79 Å². The third kappa shape index (κ3) is 4.62. The minimum atomic E-state index is -1.19. The van der Waals surface area contributed by atoms with Crippen molar-refractivity contribution in [1.82, 2.24) is 4.90 Å². The van der Waals surface area contributed by atoms with E-state index in [-0.39, 0.29) is 10.5 Å². The van der Waals surface area contributed by atoms with E-state index in [0.717, 1.165) is 5.56 Å². The van der Waals surface area contributed by atoms with Gasteiger partial charge in [0.1, 0.15) is 6.61 Å². The van der Waals surface area contributed by atoms with Crippen LogP contribution in [0.15, 0.2) is 30.3 Å². The first-order valence-electron chi connectivity index (χ1n) is 7.76. The Morgan fingerprint density at radius 3 is 2.32 bits per heavy atom. The molecule has 0 aromatic heterocycles. The molecule has 0 aliphatic carbocycles. The number of halogens is 1. The normalized spacial score (nSPS) is 19.6. The van der Waals surface area contributed by atoms with E-state index in [2.05, 4.69) is 22.6 Å². The Hall–Kier alpha value is -1.84. The highest BCUT2D eigenvalue weighted by Crippen LogP contribution is 2.32. The number of amides is 1. The molecular weight excluding hydrogens is 441 g/mol. The van der Waals surface area contributed by atoms with Gasteiger partial charge in [0.05, 0.1) is 20.3 Å². The zero-order chi connectivity index (χ0) is 18.4. The van der Waals surface area contributed by atoms with Crippen LogP contribution in [-0.2, 0) is 30.4 Å². The third-order valence-corrected chi connectivity index (χ3v) is 5.43. The molecule has 2 rings (SSSR count). The Morgan fingerprint density at radius 1 is 1.16 bits per heavy atom. The standard InChI is InChI=1S/C17H20INO6/c1-23-15(20)13(16(21)24-2)14-12(18)8-9-19(14)17(22)25-10-11-6-4-3-5-7-11/h3-7,12-14H,8-10H2,1-2H3/t12-,14-/m1/s1. The summed E-state index contributed by atoms with van der Waals surface area (Å²) in [4.78, 5) is 38.1. The fourth-order valence-corrected chi connectivity index (χ4v) is 3.89. The smallest absolute Gasteiger partial charge is 0.410 e. The number of nitrogens with zero attached hydrogens (tertiary/aromatic N) is 1. The molecule has 0 unspecified atom stereocenters. The van der Waals surface area contributed by atoms with Crippen LogP contribution < -0.4 is 0 Å². The van der Waals surface area contributed by atoms with E-state index in [9.17, 15) is 14.4 Å². The molecule has 1 saturated heterocycles. The average Bonchev–Trinajstić information content (AvgIpc) is 3.01. The van der Waals surface area contributed by atoms with Crippen molar-refractivity contribution in [2.75, 3.05) is 20.8 Å². The monoisotopic (exact) mass is 461 g/mol. The first-order valence-corrected chi connectivity index (χ1v) is 9.01. The van der Waals surface area contributed by atoms with Gasteiger partial charge < -0.3 is 19.1 Å². The van der Waals surface area contributed by atoms with E-state index in [0.29, 0.717) is 13.0 Å². The van der Waals surface area contributed by atoms with Crippen molar-refractivity contribution >= 4 is 40.6 Å². The number of alkyl halides is 1. The molecule has 0 saturated carbocycles. The van der Waals surface area contributed by atoms with Crippen LogP contribution in [0.4, 0.5) is 4.79 Å². The molecule has 1 aliphatic heterocycles. The van der Waals surface area contributed by atoms with E-state index in [1.54, 1.807) is 0 Å². The lowest BCUT2D eigenvalue weighted by Gasteiger charge is -2.29. The number of hydrogen-bond acceptors (Lipinski definition) is 6. The minimum absolute atomic E-state index is 0.0925. The summed E-state index contributed by atoms with van der Waals surface area (Å²) in [5.41, 5.74) is 0.857. The summed E-state index contributed by atoms with van der Waals surface area (Å²) in [7, 11) is 2.40. The lowest BCUT2D eigenvalue weighted by molar-refractivity contribution is -0.161. The van der Waals surface area contributed by atoms with Crippen LogP contribution in [0, 0.1) is 5.92 Å². The Morgan fingerprint density at radius 2 is 1.76 bits per heavy atom. The number of methoxy groups -OCH3 is 2. The number of ether oxygens (including phenoxy) is 3. The number of benzene rings is 1. The maximum absolute atomic E-state index is 12.5. The molecule has 1 fully saturated rings. The molecule has 136 valence electrons. The summed E-state index contributed by atoms with van der Waals surface area (Å²) in [5.74, 6) is -2.63. The quantitative estimate of drug-likeness (QED) is 0.220. The van der Waals surface area contributed by atoms with Crippen LogP contribution in [0.1, 0.15) is 12.0 Å². The molecule has 1 aromatic rings. The highest BCUT2D eigenvalue weighted by Gasteiger charge is 2.49. The predicted octanol–water partition coefficient (Wildman–Crippen LogP) is 2.16. The van der Waals surface area contributed by atoms with Crippen LogP contribution in [-0.4, -0.2) is 53.7 Å². The zero-order valence-corrected chi connectivity index (χ0v) is 16.2. The summed E-state index contributed by atoms with van der Waals surface area (Å²) in [6.45, 7) is 0.520. The van der Waals surface area contributed by atoms with Gasteiger partial charge in [0.15, 0.2) is 5.92 Å². The zero-order valence-electron chi connectivity index (χ0n) is 14.0. The van der Waals surface area contributed by atoms with Gasteiger partial charge in [0.25, 0.3) is 0 Å². The number of likely N-dealkylation sites (tertiary alicyclic amines) is 1. The van der Waals surface area contributed by atoms with E-state index >= 15 is 0 Å². The van der Waals surface area contributed by atoms with Crippen molar-refractivity contribution in [3.63, 3.8) is 0 Å². The van der Waals surface area contributed by atoms with Crippen molar-refractivity contribution in [3.05, 3.63) is 35.9 Å². The van der Waals surface area contributed by atoms with Gasteiger partial charge >= 0.3 is 18.0 Å². The fourth-order valence-electron chi connectivity index (χ4n) is 2.81. The van der Waals surface area contributed by atoms with Crippen molar-refractivity contribution in [2.45, 2.75) is 23.0 Å².